The molecule has 96 valence electrons. The van der Waals surface area contributed by atoms with Crippen LogP contribution < -0.4 is 5.32 Å². The summed E-state index contributed by atoms with van der Waals surface area (Å²) in [4.78, 5) is 11.9. The summed E-state index contributed by atoms with van der Waals surface area (Å²) in [6, 6.07) is 7.28. The summed E-state index contributed by atoms with van der Waals surface area (Å²) in [7, 11) is 0. The van der Waals surface area contributed by atoms with E-state index in [2.05, 4.69) is 25.2 Å². The molecule has 0 radical (unpaired) electrons. The van der Waals surface area contributed by atoms with Crippen LogP contribution in [0.5, 0.6) is 0 Å². The first-order chi connectivity index (χ1) is 8.58. The van der Waals surface area contributed by atoms with E-state index < -0.39 is 5.97 Å². The van der Waals surface area contributed by atoms with Crippen molar-refractivity contribution in [1.29, 1.82) is 0 Å². The Morgan fingerprint density at radius 2 is 2.17 bits per heavy atom. The molecule has 0 aromatic carbocycles. The number of hydrogen-bond acceptors (Lipinski definition) is 4. The standard InChI is InChI=1S/C13H15NO3S/c1-8(2)12(10-4-3-7-18-10)14-11-6-5-9(17-11)13(15)16/h3-8,12,14H,1-2H3,(H,15,16). The Bertz CT molecular complexity index is 516. The molecular weight excluding hydrogens is 250 g/mol. The number of carboxylic acid groups (broad SMARTS) is 1. The van der Waals surface area contributed by atoms with Crippen molar-refractivity contribution in [3.8, 4) is 0 Å². The maximum absolute atomic E-state index is 10.7. The maximum Gasteiger partial charge on any atom is 0.371 e. The molecule has 0 saturated carbocycles. The molecule has 2 heterocycles. The highest BCUT2D eigenvalue weighted by Crippen LogP contribution is 2.30. The molecule has 0 aliphatic rings. The normalized spacial score (nSPS) is 12.6. The number of carboxylic acids is 1. The van der Waals surface area contributed by atoms with E-state index in [4.69, 9.17) is 9.52 Å². The predicted octanol–water partition coefficient (Wildman–Crippen LogP) is 3.85. The lowest BCUT2D eigenvalue weighted by Crippen LogP contribution is -2.15. The number of aromatic carboxylic acids is 1. The van der Waals surface area contributed by atoms with Crippen molar-refractivity contribution in [2.45, 2.75) is 19.9 Å². The van der Waals surface area contributed by atoms with Gasteiger partial charge in [-0.05, 0) is 23.4 Å². The van der Waals surface area contributed by atoms with Gasteiger partial charge in [-0.25, -0.2) is 4.79 Å². The maximum atomic E-state index is 10.7. The van der Waals surface area contributed by atoms with Crippen LogP contribution in [-0.2, 0) is 0 Å². The van der Waals surface area contributed by atoms with Gasteiger partial charge in [-0.2, -0.15) is 0 Å². The van der Waals surface area contributed by atoms with Crippen LogP contribution in [0.2, 0.25) is 0 Å². The molecule has 5 heteroatoms. The molecule has 2 aromatic rings. The van der Waals surface area contributed by atoms with Crippen LogP contribution in [-0.4, -0.2) is 11.1 Å². The zero-order chi connectivity index (χ0) is 13.1. The highest BCUT2D eigenvalue weighted by molar-refractivity contribution is 7.10. The largest absolute Gasteiger partial charge is 0.475 e. The molecule has 18 heavy (non-hydrogen) atoms. The van der Waals surface area contributed by atoms with Crippen molar-refractivity contribution in [2.24, 2.45) is 5.92 Å². The Morgan fingerprint density at radius 3 is 2.67 bits per heavy atom. The first kappa shape index (κ1) is 12.7. The summed E-state index contributed by atoms with van der Waals surface area (Å²) in [5.74, 6) is -0.243. The molecule has 2 aromatic heterocycles. The minimum atomic E-state index is -1.06. The van der Waals surface area contributed by atoms with Gasteiger partial charge in [-0.3, -0.25) is 0 Å². The number of carbonyl (C=O) groups is 1. The van der Waals surface area contributed by atoms with Crippen LogP contribution in [0.3, 0.4) is 0 Å². The first-order valence-corrected chi connectivity index (χ1v) is 6.59. The van der Waals surface area contributed by atoms with Crippen LogP contribution in [0, 0.1) is 5.92 Å². The summed E-state index contributed by atoms with van der Waals surface area (Å²) in [5, 5.41) is 14.1. The lowest BCUT2D eigenvalue weighted by atomic mass is 10.0. The average Bonchev–Trinajstić information content (AvgIpc) is 2.96. The summed E-state index contributed by atoms with van der Waals surface area (Å²) >= 11 is 1.67. The van der Waals surface area contributed by atoms with Crippen LogP contribution in [0.1, 0.15) is 35.3 Å². The molecule has 0 aliphatic carbocycles. The second kappa shape index (κ2) is 5.27. The smallest absolute Gasteiger partial charge is 0.371 e. The van der Waals surface area contributed by atoms with Crippen LogP contribution >= 0.6 is 11.3 Å². The molecule has 0 amide bonds. The third-order valence-electron chi connectivity index (χ3n) is 2.63. The topological polar surface area (TPSA) is 62.5 Å². The first-order valence-electron chi connectivity index (χ1n) is 5.71. The van der Waals surface area contributed by atoms with E-state index in [-0.39, 0.29) is 11.8 Å². The SMILES string of the molecule is CC(C)C(Nc1ccc(C(=O)O)o1)c1cccs1. The fourth-order valence-electron chi connectivity index (χ4n) is 1.72. The van der Waals surface area contributed by atoms with Gasteiger partial charge in [0.05, 0.1) is 6.04 Å². The molecule has 2 N–H and O–H groups in total. The minimum absolute atomic E-state index is 0.0498. The van der Waals surface area contributed by atoms with Crippen molar-refractivity contribution in [3.05, 3.63) is 40.3 Å². The summed E-state index contributed by atoms with van der Waals surface area (Å²) < 4.78 is 5.22. The number of anilines is 1. The monoisotopic (exact) mass is 265 g/mol. The third-order valence-corrected chi connectivity index (χ3v) is 3.59. The molecule has 0 spiro atoms. The quantitative estimate of drug-likeness (QED) is 0.862. The number of hydrogen-bond donors (Lipinski definition) is 2. The van der Waals surface area contributed by atoms with Gasteiger partial charge in [0.1, 0.15) is 0 Å². The van der Waals surface area contributed by atoms with E-state index in [9.17, 15) is 4.79 Å². The molecule has 1 unspecified atom stereocenters. The van der Waals surface area contributed by atoms with Crippen LogP contribution in [0.25, 0.3) is 0 Å². The third kappa shape index (κ3) is 2.73. The van der Waals surface area contributed by atoms with Crippen LogP contribution in [0.4, 0.5) is 5.88 Å². The zero-order valence-electron chi connectivity index (χ0n) is 10.2. The van der Waals surface area contributed by atoms with Crippen molar-refractivity contribution >= 4 is 23.2 Å². The van der Waals surface area contributed by atoms with Crippen molar-refractivity contribution in [1.82, 2.24) is 0 Å². The van der Waals surface area contributed by atoms with E-state index in [0.29, 0.717) is 11.8 Å². The van der Waals surface area contributed by atoms with Crippen molar-refractivity contribution in [2.75, 3.05) is 5.32 Å². The Labute approximate surface area is 109 Å². The second-order valence-corrected chi connectivity index (χ2v) is 5.33. The second-order valence-electron chi connectivity index (χ2n) is 4.35. The van der Waals surface area contributed by atoms with E-state index in [1.165, 1.54) is 10.9 Å². The molecule has 0 fully saturated rings. The molecule has 1 atom stereocenters. The van der Waals surface area contributed by atoms with Crippen LogP contribution in [0.15, 0.2) is 34.1 Å². The molecular formula is C13H15NO3S. The molecule has 0 saturated heterocycles. The van der Waals surface area contributed by atoms with Gasteiger partial charge in [-0.1, -0.05) is 19.9 Å². The van der Waals surface area contributed by atoms with Gasteiger partial charge in [-0.15, -0.1) is 11.3 Å². The number of nitrogens with one attached hydrogen (secondary N) is 1. The van der Waals surface area contributed by atoms with E-state index in [1.807, 2.05) is 11.4 Å². The average molecular weight is 265 g/mol. The summed E-state index contributed by atoms with van der Waals surface area (Å²) in [6.45, 7) is 4.22. The zero-order valence-corrected chi connectivity index (χ0v) is 11.0. The Hall–Kier alpha value is -1.75. The fourth-order valence-corrected chi connectivity index (χ4v) is 2.67. The number of thiophene rings is 1. The lowest BCUT2D eigenvalue weighted by molar-refractivity contribution is 0.0663. The van der Waals surface area contributed by atoms with Gasteiger partial charge < -0.3 is 14.8 Å². The van der Waals surface area contributed by atoms with Gasteiger partial charge in [0.2, 0.25) is 5.76 Å². The summed E-state index contributed by atoms with van der Waals surface area (Å²) in [5.41, 5.74) is 0. The van der Waals surface area contributed by atoms with E-state index >= 15 is 0 Å². The van der Waals surface area contributed by atoms with Gasteiger partial charge in [0.15, 0.2) is 5.88 Å². The van der Waals surface area contributed by atoms with Gasteiger partial charge >= 0.3 is 5.97 Å². The Morgan fingerprint density at radius 1 is 1.39 bits per heavy atom. The number of rotatable bonds is 5. The Balaban J connectivity index is 2.16. The van der Waals surface area contributed by atoms with E-state index in [1.54, 1.807) is 17.4 Å². The van der Waals surface area contributed by atoms with E-state index in [0.717, 1.165) is 0 Å². The molecule has 0 bridgehead atoms. The van der Waals surface area contributed by atoms with Crippen molar-refractivity contribution in [3.63, 3.8) is 0 Å². The lowest BCUT2D eigenvalue weighted by Gasteiger charge is -2.20. The molecule has 4 nitrogen and oxygen atoms in total. The van der Waals surface area contributed by atoms with Crippen molar-refractivity contribution < 1.29 is 14.3 Å². The van der Waals surface area contributed by atoms with Gasteiger partial charge in [0.25, 0.3) is 0 Å². The Kier molecular flexibility index (Phi) is 3.72. The predicted molar refractivity (Wildman–Crippen MR) is 71.2 cm³/mol. The fraction of sp³-hybridized carbons (Fsp3) is 0.308. The minimum Gasteiger partial charge on any atom is -0.475 e. The highest BCUT2D eigenvalue weighted by Gasteiger charge is 2.18. The van der Waals surface area contributed by atoms with Gasteiger partial charge in [0, 0.05) is 10.9 Å². The number of furan rings is 1. The molecule has 0 aliphatic heterocycles. The summed E-state index contributed by atoms with van der Waals surface area (Å²) in [6.07, 6.45) is 0. The molecule has 2 rings (SSSR count). The highest BCUT2D eigenvalue weighted by atomic mass is 32.1.